The SMILES string of the molecule is CCOc1nc(Cl)nc(NC(C)c2ccc(Cl)cc2Cl)n1. The lowest BCUT2D eigenvalue weighted by atomic mass is 10.1. The summed E-state index contributed by atoms with van der Waals surface area (Å²) in [7, 11) is 0. The van der Waals surface area contributed by atoms with E-state index in [4.69, 9.17) is 39.5 Å². The molecule has 1 atom stereocenters. The molecule has 2 rings (SSSR count). The van der Waals surface area contributed by atoms with Gasteiger partial charge in [0, 0.05) is 10.0 Å². The number of anilines is 1. The van der Waals surface area contributed by atoms with Crippen LogP contribution in [0.2, 0.25) is 15.3 Å². The minimum Gasteiger partial charge on any atom is -0.464 e. The lowest BCUT2D eigenvalue weighted by molar-refractivity contribution is 0.312. The summed E-state index contributed by atoms with van der Waals surface area (Å²) in [4.78, 5) is 12.0. The number of hydrogen-bond acceptors (Lipinski definition) is 5. The predicted octanol–water partition coefficient (Wildman–Crippen LogP) is 4.40. The van der Waals surface area contributed by atoms with Gasteiger partial charge in [0.25, 0.3) is 0 Å². The second-order valence-corrected chi connectivity index (χ2v) is 5.36. The molecule has 1 heterocycles. The molecule has 0 fully saturated rings. The van der Waals surface area contributed by atoms with Crippen LogP contribution in [-0.2, 0) is 0 Å². The van der Waals surface area contributed by atoms with Gasteiger partial charge in [-0.15, -0.1) is 0 Å². The zero-order valence-corrected chi connectivity index (χ0v) is 13.7. The van der Waals surface area contributed by atoms with E-state index in [1.807, 2.05) is 19.9 Å². The van der Waals surface area contributed by atoms with Crippen molar-refractivity contribution in [2.75, 3.05) is 11.9 Å². The van der Waals surface area contributed by atoms with Crippen LogP contribution in [0.3, 0.4) is 0 Å². The molecule has 1 N–H and O–H groups in total. The number of rotatable bonds is 5. The molecule has 0 amide bonds. The number of halogens is 3. The Hall–Kier alpha value is -1.30. The largest absolute Gasteiger partial charge is 0.464 e. The lowest BCUT2D eigenvalue weighted by Crippen LogP contribution is -2.11. The first kappa shape index (κ1) is 16.1. The minimum absolute atomic E-state index is 0.0605. The molecule has 1 aromatic carbocycles. The van der Waals surface area contributed by atoms with E-state index in [1.54, 1.807) is 12.1 Å². The second kappa shape index (κ2) is 7.11. The van der Waals surface area contributed by atoms with E-state index in [2.05, 4.69) is 20.3 Å². The van der Waals surface area contributed by atoms with E-state index in [0.29, 0.717) is 22.6 Å². The molecular formula is C13H13Cl3N4O. The Balaban J connectivity index is 2.20. The van der Waals surface area contributed by atoms with Crippen LogP contribution in [0.15, 0.2) is 18.2 Å². The number of nitrogens with zero attached hydrogens (tertiary/aromatic N) is 3. The molecule has 2 aromatic rings. The van der Waals surface area contributed by atoms with Crippen LogP contribution < -0.4 is 10.1 Å². The summed E-state index contributed by atoms with van der Waals surface area (Å²) < 4.78 is 5.22. The summed E-state index contributed by atoms with van der Waals surface area (Å²) in [6.07, 6.45) is 0. The average Bonchev–Trinajstić information content (AvgIpc) is 2.37. The maximum Gasteiger partial charge on any atom is 0.322 e. The van der Waals surface area contributed by atoms with Crippen LogP contribution in [-0.4, -0.2) is 21.6 Å². The highest BCUT2D eigenvalue weighted by Gasteiger charge is 2.13. The summed E-state index contributed by atoms with van der Waals surface area (Å²) in [6, 6.07) is 5.33. The molecular weight excluding hydrogens is 335 g/mol. The summed E-state index contributed by atoms with van der Waals surface area (Å²) in [5, 5.41) is 4.31. The number of hydrogen-bond donors (Lipinski definition) is 1. The van der Waals surface area contributed by atoms with E-state index >= 15 is 0 Å². The van der Waals surface area contributed by atoms with Gasteiger partial charge in [-0.05, 0) is 43.1 Å². The van der Waals surface area contributed by atoms with Crippen molar-refractivity contribution in [1.29, 1.82) is 0 Å². The molecule has 0 spiro atoms. The third-order valence-electron chi connectivity index (χ3n) is 2.64. The Kier molecular flexibility index (Phi) is 5.45. The van der Waals surface area contributed by atoms with E-state index in [1.165, 1.54) is 0 Å². The number of nitrogens with one attached hydrogen (secondary N) is 1. The van der Waals surface area contributed by atoms with Gasteiger partial charge < -0.3 is 10.1 Å². The van der Waals surface area contributed by atoms with Gasteiger partial charge in [0.2, 0.25) is 11.2 Å². The third-order valence-corrected chi connectivity index (χ3v) is 3.37. The zero-order valence-electron chi connectivity index (χ0n) is 11.4. The molecule has 8 heteroatoms. The fourth-order valence-corrected chi connectivity index (χ4v) is 2.44. The third kappa shape index (κ3) is 4.33. The van der Waals surface area contributed by atoms with Gasteiger partial charge in [0.1, 0.15) is 0 Å². The Morgan fingerprint density at radius 2 is 1.95 bits per heavy atom. The molecule has 1 unspecified atom stereocenters. The quantitative estimate of drug-likeness (QED) is 0.868. The van der Waals surface area contributed by atoms with Crippen molar-refractivity contribution < 1.29 is 4.74 Å². The summed E-state index contributed by atoms with van der Waals surface area (Å²) in [5.41, 5.74) is 0.871. The predicted molar refractivity (Wildman–Crippen MR) is 84.5 cm³/mol. The molecule has 0 aliphatic heterocycles. The van der Waals surface area contributed by atoms with E-state index in [9.17, 15) is 0 Å². The van der Waals surface area contributed by atoms with Crippen molar-refractivity contribution in [1.82, 2.24) is 15.0 Å². The van der Waals surface area contributed by atoms with Crippen molar-refractivity contribution in [2.45, 2.75) is 19.9 Å². The van der Waals surface area contributed by atoms with Crippen LogP contribution in [0, 0.1) is 0 Å². The molecule has 0 aliphatic carbocycles. The average molecular weight is 348 g/mol. The van der Waals surface area contributed by atoms with E-state index < -0.39 is 0 Å². The summed E-state index contributed by atoms with van der Waals surface area (Å²) in [5.74, 6) is 0.317. The number of benzene rings is 1. The maximum atomic E-state index is 6.17. The van der Waals surface area contributed by atoms with E-state index in [-0.39, 0.29) is 17.3 Å². The van der Waals surface area contributed by atoms with Gasteiger partial charge >= 0.3 is 6.01 Å². The molecule has 0 aliphatic rings. The topological polar surface area (TPSA) is 59.9 Å². The molecule has 5 nitrogen and oxygen atoms in total. The van der Waals surface area contributed by atoms with Gasteiger partial charge in [-0.3, -0.25) is 0 Å². The fraction of sp³-hybridized carbons (Fsp3) is 0.308. The van der Waals surface area contributed by atoms with Crippen molar-refractivity contribution in [3.8, 4) is 6.01 Å². The van der Waals surface area contributed by atoms with Crippen LogP contribution >= 0.6 is 34.8 Å². The molecule has 112 valence electrons. The summed E-state index contributed by atoms with van der Waals surface area (Å²) in [6.45, 7) is 4.20. The first-order valence-corrected chi connectivity index (χ1v) is 7.39. The van der Waals surface area contributed by atoms with Gasteiger partial charge in [-0.25, -0.2) is 0 Å². The second-order valence-electron chi connectivity index (χ2n) is 4.18. The first-order valence-electron chi connectivity index (χ1n) is 6.25. The fourth-order valence-electron chi connectivity index (χ4n) is 1.71. The Labute approximate surface area is 137 Å². The molecule has 0 saturated carbocycles. The standard InChI is InChI=1S/C13H13Cl3N4O/c1-3-21-13-19-11(16)18-12(20-13)17-7(2)9-5-4-8(14)6-10(9)15/h4-7H,3H2,1-2H3,(H,17,18,19,20). The molecule has 1 aromatic heterocycles. The van der Waals surface area contributed by atoms with Crippen LogP contribution in [0.4, 0.5) is 5.95 Å². The molecule has 0 radical (unpaired) electrons. The van der Waals surface area contributed by atoms with Gasteiger partial charge in [0.15, 0.2) is 0 Å². The highest BCUT2D eigenvalue weighted by Crippen LogP contribution is 2.28. The smallest absolute Gasteiger partial charge is 0.322 e. The summed E-state index contributed by atoms with van der Waals surface area (Å²) >= 11 is 17.9. The van der Waals surface area contributed by atoms with Crippen molar-refractivity contribution in [3.05, 3.63) is 39.1 Å². The van der Waals surface area contributed by atoms with Crippen LogP contribution in [0.1, 0.15) is 25.5 Å². The first-order chi connectivity index (χ1) is 9.99. The highest BCUT2D eigenvalue weighted by atomic mass is 35.5. The maximum absolute atomic E-state index is 6.17. The Morgan fingerprint density at radius 3 is 2.62 bits per heavy atom. The van der Waals surface area contributed by atoms with E-state index in [0.717, 1.165) is 5.56 Å². The normalized spacial score (nSPS) is 12.0. The number of ether oxygens (including phenoxy) is 1. The van der Waals surface area contributed by atoms with Crippen molar-refractivity contribution in [2.24, 2.45) is 0 Å². The zero-order chi connectivity index (χ0) is 15.4. The highest BCUT2D eigenvalue weighted by molar-refractivity contribution is 6.35. The molecule has 0 bridgehead atoms. The lowest BCUT2D eigenvalue weighted by Gasteiger charge is -2.16. The Bertz CT molecular complexity index is 639. The van der Waals surface area contributed by atoms with Gasteiger partial charge in [-0.1, -0.05) is 29.3 Å². The molecule has 0 saturated heterocycles. The Morgan fingerprint density at radius 1 is 1.19 bits per heavy atom. The van der Waals surface area contributed by atoms with Crippen molar-refractivity contribution >= 4 is 40.8 Å². The van der Waals surface area contributed by atoms with Gasteiger partial charge in [-0.2, -0.15) is 15.0 Å². The van der Waals surface area contributed by atoms with Crippen LogP contribution in [0.5, 0.6) is 6.01 Å². The van der Waals surface area contributed by atoms with Crippen LogP contribution in [0.25, 0.3) is 0 Å². The van der Waals surface area contributed by atoms with Gasteiger partial charge in [0.05, 0.1) is 12.6 Å². The number of aromatic nitrogens is 3. The monoisotopic (exact) mass is 346 g/mol. The minimum atomic E-state index is -0.136. The molecule has 21 heavy (non-hydrogen) atoms. The van der Waals surface area contributed by atoms with Crippen molar-refractivity contribution in [3.63, 3.8) is 0 Å².